The van der Waals surface area contributed by atoms with E-state index < -0.39 is 0 Å². The summed E-state index contributed by atoms with van der Waals surface area (Å²) >= 11 is 7.68. The molecule has 0 amide bonds. The van der Waals surface area contributed by atoms with Gasteiger partial charge in [0, 0.05) is 28.7 Å². The summed E-state index contributed by atoms with van der Waals surface area (Å²) in [6.07, 6.45) is 1.49. The quantitative estimate of drug-likeness (QED) is 0.801. The van der Waals surface area contributed by atoms with Gasteiger partial charge in [0.05, 0.1) is 0 Å². The lowest BCUT2D eigenvalue weighted by atomic mass is 10.2. The minimum absolute atomic E-state index is 0.159. The van der Waals surface area contributed by atoms with E-state index in [1.165, 1.54) is 24.0 Å². The molecule has 0 fully saturated rings. The molecule has 0 atom stereocenters. The lowest BCUT2D eigenvalue weighted by Gasteiger charge is -2.10. The molecule has 0 spiro atoms. The van der Waals surface area contributed by atoms with Crippen LogP contribution in [0.1, 0.15) is 19.4 Å². The van der Waals surface area contributed by atoms with Crippen LogP contribution in [0, 0.1) is 5.92 Å². The molecule has 0 aliphatic heterocycles. The molecule has 0 saturated carbocycles. The Balaban J connectivity index is 2.03. The van der Waals surface area contributed by atoms with Crippen LogP contribution in [0.15, 0.2) is 45.3 Å². The summed E-state index contributed by atoms with van der Waals surface area (Å²) in [5.41, 5.74) is 0.907. The molecule has 2 aromatic rings. The van der Waals surface area contributed by atoms with Crippen LogP contribution in [-0.2, 0) is 6.54 Å². The molecule has 1 aromatic heterocycles. The highest BCUT2D eigenvalue weighted by molar-refractivity contribution is 7.99. The van der Waals surface area contributed by atoms with Gasteiger partial charge in [0.15, 0.2) is 5.16 Å². The van der Waals surface area contributed by atoms with Crippen LogP contribution in [0.3, 0.4) is 0 Å². The van der Waals surface area contributed by atoms with Crippen molar-refractivity contribution in [3.63, 3.8) is 0 Å². The van der Waals surface area contributed by atoms with E-state index in [2.05, 4.69) is 29.1 Å². The number of nitrogens with zero attached hydrogens (tertiary/aromatic N) is 1. The van der Waals surface area contributed by atoms with Crippen LogP contribution in [0.2, 0.25) is 5.02 Å². The molecule has 0 bridgehead atoms. The fraction of sp³-hybridized carbons (Fsp3) is 0.333. The van der Waals surface area contributed by atoms with Gasteiger partial charge in [0.25, 0.3) is 5.56 Å². The summed E-state index contributed by atoms with van der Waals surface area (Å²) < 4.78 is 0. The summed E-state index contributed by atoms with van der Waals surface area (Å²) in [6, 6.07) is 7.26. The van der Waals surface area contributed by atoms with E-state index in [0.29, 0.717) is 11.1 Å². The van der Waals surface area contributed by atoms with E-state index in [-0.39, 0.29) is 5.56 Å². The van der Waals surface area contributed by atoms with E-state index in [1.807, 2.05) is 18.2 Å². The first-order chi connectivity index (χ1) is 10.0. The first-order valence-electron chi connectivity index (χ1n) is 6.77. The molecule has 2 rings (SSSR count). The van der Waals surface area contributed by atoms with Crippen molar-refractivity contribution in [1.29, 1.82) is 0 Å². The molecule has 0 unspecified atom stereocenters. The highest BCUT2D eigenvalue weighted by Gasteiger charge is 2.05. The minimum atomic E-state index is -0.159. The Morgan fingerprint density at radius 2 is 2.19 bits per heavy atom. The molecular weight excluding hydrogens is 306 g/mol. The van der Waals surface area contributed by atoms with Gasteiger partial charge in [-0.15, -0.1) is 0 Å². The zero-order valence-corrected chi connectivity index (χ0v) is 13.6. The third-order valence-electron chi connectivity index (χ3n) is 2.75. The zero-order valence-electron chi connectivity index (χ0n) is 12.0. The zero-order chi connectivity index (χ0) is 15.2. The average Bonchev–Trinajstić information content (AvgIpc) is 2.41. The number of H-pyrrole nitrogens is 1. The third-order valence-corrected chi connectivity index (χ3v) is 4.00. The topological polar surface area (TPSA) is 57.8 Å². The molecule has 1 heterocycles. The van der Waals surface area contributed by atoms with Gasteiger partial charge in [0.1, 0.15) is 0 Å². The molecule has 0 aliphatic carbocycles. The summed E-state index contributed by atoms with van der Waals surface area (Å²) in [5, 5.41) is 4.64. The van der Waals surface area contributed by atoms with Gasteiger partial charge in [-0.05, 0) is 30.2 Å². The summed E-state index contributed by atoms with van der Waals surface area (Å²) in [7, 11) is 0. The van der Waals surface area contributed by atoms with Gasteiger partial charge >= 0.3 is 0 Å². The van der Waals surface area contributed by atoms with Crippen LogP contribution < -0.4 is 10.9 Å². The Bertz CT molecular complexity index is 657. The number of hydrogen-bond acceptors (Lipinski definition) is 4. The van der Waals surface area contributed by atoms with Crippen LogP contribution in [-0.4, -0.2) is 16.5 Å². The van der Waals surface area contributed by atoms with Gasteiger partial charge < -0.3 is 10.3 Å². The molecule has 1 aromatic carbocycles. The number of rotatable bonds is 6. The van der Waals surface area contributed by atoms with E-state index in [9.17, 15) is 4.79 Å². The smallest absolute Gasteiger partial charge is 0.251 e. The molecular formula is C15H18ClN3OS. The molecule has 0 aliphatic rings. The predicted octanol–water partition coefficient (Wildman–Crippen LogP) is 3.32. The van der Waals surface area contributed by atoms with Gasteiger partial charge in [-0.3, -0.25) is 4.79 Å². The van der Waals surface area contributed by atoms with Crippen molar-refractivity contribution in [1.82, 2.24) is 15.3 Å². The summed E-state index contributed by atoms with van der Waals surface area (Å²) in [5.74, 6) is 0.611. The Morgan fingerprint density at radius 1 is 1.38 bits per heavy atom. The molecule has 2 N–H and O–H groups in total. The number of aromatic nitrogens is 2. The van der Waals surface area contributed by atoms with Crippen molar-refractivity contribution >= 4 is 23.4 Å². The Labute approximate surface area is 133 Å². The van der Waals surface area contributed by atoms with Crippen molar-refractivity contribution in [3.05, 3.63) is 51.4 Å². The molecule has 0 saturated heterocycles. The van der Waals surface area contributed by atoms with Crippen molar-refractivity contribution in [3.8, 4) is 0 Å². The molecule has 6 heteroatoms. The standard InChI is InChI=1S/C15H18ClN3OS/c1-10(2)8-17-9-11-3-4-12(7-13(11)16)21-15-18-6-5-14(20)19-15/h3-7,10,17H,8-9H2,1-2H3,(H,18,19,20). The molecule has 4 nitrogen and oxygen atoms in total. The van der Waals surface area contributed by atoms with Crippen molar-refractivity contribution in [2.24, 2.45) is 5.92 Å². The molecule has 21 heavy (non-hydrogen) atoms. The van der Waals surface area contributed by atoms with Crippen LogP contribution in [0.25, 0.3) is 0 Å². The fourth-order valence-corrected chi connectivity index (χ4v) is 2.86. The highest BCUT2D eigenvalue weighted by atomic mass is 35.5. The average molecular weight is 324 g/mol. The fourth-order valence-electron chi connectivity index (χ4n) is 1.75. The monoisotopic (exact) mass is 323 g/mol. The number of hydrogen-bond donors (Lipinski definition) is 2. The second-order valence-corrected chi connectivity index (χ2v) is 6.59. The lowest BCUT2D eigenvalue weighted by molar-refractivity contribution is 0.552. The number of nitrogens with one attached hydrogen (secondary N) is 2. The summed E-state index contributed by atoms with van der Waals surface area (Å²) in [6.45, 7) is 6.05. The first kappa shape index (κ1) is 16.1. The second-order valence-electron chi connectivity index (χ2n) is 5.12. The Hall–Kier alpha value is -1.30. The number of aromatic amines is 1. The maximum Gasteiger partial charge on any atom is 0.251 e. The maximum absolute atomic E-state index is 11.2. The van der Waals surface area contributed by atoms with Crippen LogP contribution >= 0.6 is 23.4 Å². The third kappa shape index (κ3) is 5.19. The Morgan fingerprint density at radius 3 is 2.86 bits per heavy atom. The van der Waals surface area contributed by atoms with Crippen LogP contribution in [0.5, 0.6) is 0 Å². The normalized spacial score (nSPS) is 11.0. The van der Waals surface area contributed by atoms with Gasteiger partial charge in [-0.25, -0.2) is 4.98 Å². The molecule has 0 radical (unpaired) electrons. The first-order valence-corrected chi connectivity index (χ1v) is 7.96. The lowest BCUT2D eigenvalue weighted by Crippen LogP contribution is -2.19. The summed E-state index contributed by atoms with van der Waals surface area (Å²) in [4.78, 5) is 19.0. The second kappa shape index (κ2) is 7.64. The molecule has 112 valence electrons. The Kier molecular flexibility index (Phi) is 5.85. The SMILES string of the molecule is CC(C)CNCc1ccc(Sc2nccc(=O)[nH]2)cc1Cl. The maximum atomic E-state index is 11.2. The number of halogens is 1. The predicted molar refractivity (Wildman–Crippen MR) is 87.0 cm³/mol. The van der Waals surface area contributed by atoms with Crippen molar-refractivity contribution < 1.29 is 0 Å². The van der Waals surface area contributed by atoms with Gasteiger partial charge in [-0.1, -0.05) is 43.3 Å². The minimum Gasteiger partial charge on any atom is -0.312 e. The van der Waals surface area contributed by atoms with Gasteiger partial charge in [-0.2, -0.15) is 0 Å². The van der Waals surface area contributed by atoms with E-state index in [0.717, 1.165) is 28.6 Å². The highest BCUT2D eigenvalue weighted by Crippen LogP contribution is 2.28. The largest absolute Gasteiger partial charge is 0.312 e. The van der Waals surface area contributed by atoms with Crippen molar-refractivity contribution in [2.75, 3.05) is 6.54 Å². The van der Waals surface area contributed by atoms with Gasteiger partial charge in [0.2, 0.25) is 0 Å². The van der Waals surface area contributed by atoms with Crippen LogP contribution in [0.4, 0.5) is 0 Å². The van der Waals surface area contributed by atoms with E-state index >= 15 is 0 Å². The van der Waals surface area contributed by atoms with E-state index in [1.54, 1.807) is 0 Å². The number of benzene rings is 1. The van der Waals surface area contributed by atoms with Crippen molar-refractivity contribution in [2.45, 2.75) is 30.4 Å². The van der Waals surface area contributed by atoms with E-state index in [4.69, 9.17) is 11.6 Å².